The maximum Gasteiger partial charge on any atom is 0.265 e. The number of benzene rings is 6. The van der Waals surface area contributed by atoms with Gasteiger partial charge in [-0.2, -0.15) is 0 Å². The predicted octanol–water partition coefficient (Wildman–Crippen LogP) is 11.4. The first-order valence-electron chi connectivity index (χ1n) is 20.5. The average molecular weight is 766 g/mol. The number of pyridine rings is 2. The molecule has 59 heavy (non-hydrogen) atoms. The molecule has 0 amide bonds. The van der Waals surface area contributed by atoms with E-state index in [1.807, 2.05) is 30.5 Å². The van der Waals surface area contributed by atoms with Crippen molar-refractivity contribution in [1.82, 2.24) is 14.5 Å². The van der Waals surface area contributed by atoms with Crippen molar-refractivity contribution >= 4 is 45.0 Å². The summed E-state index contributed by atoms with van der Waals surface area (Å²) in [6, 6.07) is 59.8. The van der Waals surface area contributed by atoms with Gasteiger partial charge in [0.1, 0.15) is 5.75 Å². The lowest BCUT2D eigenvalue weighted by molar-refractivity contribution is 0.477. The van der Waals surface area contributed by atoms with Crippen molar-refractivity contribution in [3.63, 3.8) is 0 Å². The number of nitrogens with zero attached hydrogens (tertiary/aromatic N) is 3. The van der Waals surface area contributed by atoms with Crippen molar-refractivity contribution in [2.24, 2.45) is 0 Å². The highest BCUT2D eigenvalue weighted by molar-refractivity contribution is 6.96. The summed E-state index contributed by atoms with van der Waals surface area (Å²) < 4.78 is 2.37. The summed E-state index contributed by atoms with van der Waals surface area (Å²) in [4.78, 5) is 10.3. The van der Waals surface area contributed by atoms with Gasteiger partial charge in [-0.25, -0.2) is 4.98 Å². The van der Waals surface area contributed by atoms with Crippen LogP contribution in [0, 0.1) is 0 Å². The van der Waals surface area contributed by atoms with E-state index in [2.05, 4.69) is 186 Å². The molecule has 0 aliphatic heterocycles. The highest BCUT2D eigenvalue weighted by atomic mass is 16.3. The van der Waals surface area contributed by atoms with Crippen LogP contribution in [0.1, 0.15) is 52.7 Å². The highest BCUT2D eigenvalue weighted by Gasteiger charge is 2.28. The number of hydrogen-bond acceptors (Lipinski definition) is 3. The Hall–Kier alpha value is -6.72. The first-order chi connectivity index (χ1) is 28.4. The average Bonchev–Trinajstić information content (AvgIpc) is 3.59. The molecule has 0 saturated carbocycles. The Bertz CT molecular complexity index is 2940. The van der Waals surface area contributed by atoms with Crippen LogP contribution < -0.4 is 16.5 Å². The molecular formula is C54H48BN3O. The maximum atomic E-state index is 11.1. The molecule has 9 rings (SSSR count). The molecule has 0 aliphatic rings. The molecule has 5 heteroatoms. The summed E-state index contributed by atoms with van der Waals surface area (Å²) >= 11 is 0. The van der Waals surface area contributed by atoms with Crippen molar-refractivity contribution in [3.05, 3.63) is 187 Å². The van der Waals surface area contributed by atoms with Gasteiger partial charge in [0.15, 0.2) is 0 Å². The van der Waals surface area contributed by atoms with Gasteiger partial charge in [0, 0.05) is 33.8 Å². The first-order valence-corrected chi connectivity index (χ1v) is 20.5. The lowest BCUT2D eigenvalue weighted by Crippen LogP contribution is -2.53. The van der Waals surface area contributed by atoms with Gasteiger partial charge < -0.3 is 9.67 Å². The zero-order valence-electron chi connectivity index (χ0n) is 34.6. The van der Waals surface area contributed by atoms with Crippen LogP contribution in [0.3, 0.4) is 0 Å². The second-order valence-electron chi connectivity index (χ2n) is 17.7. The lowest BCUT2D eigenvalue weighted by Gasteiger charge is -2.26. The van der Waals surface area contributed by atoms with Crippen molar-refractivity contribution < 1.29 is 5.11 Å². The fourth-order valence-corrected chi connectivity index (χ4v) is 8.41. The molecule has 0 aliphatic carbocycles. The van der Waals surface area contributed by atoms with Crippen LogP contribution in [0.4, 0.5) is 0 Å². The number of para-hydroxylation sites is 3. The molecule has 0 atom stereocenters. The maximum absolute atomic E-state index is 11.1. The second-order valence-corrected chi connectivity index (χ2v) is 17.7. The molecule has 3 aromatic heterocycles. The fraction of sp³-hybridized carbons (Fsp3) is 0.148. The number of phenolic OH excluding ortho intramolecular Hbond substituents is 1. The molecule has 288 valence electrons. The minimum atomic E-state index is -0.173. The molecular weight excluding hydrogens is 717 g/mol. The van der Waals surface area contributed by atoms with E-state index in [0.717, 1.165) is 55.9 Å². The van der Waals surface area contributed by atoms with Crippen molar-refractivity contribution in [3.8, 4) is 45.1 Å². The van der Waals surface area contributed by atoms with Gasteiger partial charge in [-0.1, -0.05) is 162 Å². The molecule has 6 aromatic carbocycles. The zero-order chi connectivity index (χ0) is 40.9. The Kier molecular flexibility index (Phi) is 9.56. The van der Waals surface area contributed by atoms with Crippen molar-refractivity contribution in [1.29, 1.82) is 0 Å². The number of phenols is 1. The monoisotopic (exact) mass is 765 g/mol. The number of aromatic nitrogens is 3. The van der Waals surface area contributed by atoms with Crippen LogP contribution in [0.25, 0.3) is 61.1 Å². The third-order valence-corrected chi connectivity index (χ3v) is 11.6. The standard InChI is InChI=1S/C54H48BN3O/c1-53(2,3)39-30-37(31-40(35-39)54(4,5)6)38-33-46(57-47(34-38)43-22-11-13-27-50(43)59)36-18-16-19-41(32-36)55(51-28-14-15-29-56-51)45-24-17-26-49-52(45)44-23-10-12-25-48(44)58(49)42-20-8-7-9-21-42/h7-35,59H,1-6H3. The Balaban J connectivity index is 1.27. The number of fused-ring (bicyclic) bond motifs is 3. The normalized spacial score (nSPS) is 12.0. The van der Waals surface area contributed by atoms with Gasteiger partial charge >= 0.3 is 0 Å². The van der Waals surface area contributed by atoms with Crippen LogP contribution in [-0.4, -0.2) is 26.4 Å². The van der Waals surface area contributed by atoms with Crippen LogP contribution in [0.2, 0.25) is 0 Å². The van der Waals surface area contributed by atoms with E-state index in [9.17, 15) is 5.11 Å². The number of aromatic hydroxyl groups is 1. The minimum Gasteiger partial charge on any atom is -0.507 e. The molecule has 9 aromatic rings. The van der Waals surface area contributed by atoms with E-state index in [4.69, 9.17) is 9.97 Å². The minimum absolute atomic E-state index is 0.0442. The number of rotatable bonds is 7. The second kappa shape index (κ2) is 14.9. The molecule has 0 saturated heterocycles. The zero-order valence-corrected chi connectivity index (χ0v) is 34.6. The van der Waals surface area contributed by atoms with Crippen molar-refractivity contribution in [2.45, 2.75) is 52.4 Å². The van der Waals surface area contributed by atoms with Gasteiger partial charge in [0.05, 0.1) is 22.4 Å². The molecule has 1 N–H and O–H groups in total. The van der Waals surface area contributed by atoms with E-state index < -0.39 is 0 Å². The highest BCUT2D eigenvalue weighted by Crippen LogP contribution is 2.38. The van der Waals surface area contributed by atoms with Crippen LogP contribution >= 0.6 is 0 Å². The molecule has 0 radical (unpaired) electrons. The van der Waals surface area contributed by atoms with Gasteiger partial charge in [-0.15, -0.1) is 0 Å². The van der Waals surface area contributed by atoms with Gasteiger partial charge in [0.25, 0.3) is 6.71 Å². The van der Waals surface area contributed by atoms with Crippen LogP contribution in [0.15, 0.2) is 176 Å². The summed E-state index contributed by atoms with van der Waals surface area (Å²) in [5.74, 6) is 0.202. The van der Waals surface area contributed by atoms with E-state index >= 15 is 0 Å². The Morgan fingerprint density at radius 2 is 1.17 bits per heavy atom. The van der Waals surface area contributed by atoms with Crippen LogP contribution in [-0.2, 0) is 10.8 Å². The molecule has 4 nitrogen and oxygen atoms in total. The number of hydrogen-bond donors (Lipinski definition) is 1. The molecule has 0 unspecified atom stereocenters. The summed E-state index contributed by atoms with van der Waals surface area (Å²) in [6.45, 7) is 13.5. The van der Waals surface area contributed by atoms with Crippen molar-refractivity contribution in [2.75, 3.05) is 0 Å². The van der Waals surface area contributed by atoms with E-state index in [1.165, 1.54) is 27.4 Å². The third kappa shape index (κ3) is 7.23. The van der Waals surface area contributed by atoms with Gasteiger partial charge in [0.2, 0.25) is 0 Å². The Morgan fingerprint density at radius 3 is 1.90 bits per heavy atom. The van der Waals surface area contributed by atoms with Gasteiger partial charge in [-0.05, 0) is 99.3 Å². The summed E-state index contributed by atoms with van der Waals surface area (Å²) in [7, 11) is 0. The van der Waals surface area contributed by atoms with E-state index in [-0.39, 0.29) is 23.3 Å². The summed E-state index contributed by atoms with van der Waals surface area (Å²) in [6.07, 6.45) is 1.89. The molecule has 0 spiro atoms. The van der Waals surface area contributed by atoms with Crippen LogP contribution in [0.5, 0.6) is 5.75 Å². The topological polar surface area (TPSA) is 50.9 Å². The summed E-state index contributed by atoms with van der Waals surface area (Å²) in [5.41, 5.74) is 14.6. The Labute approximate surface area is 348 Å². The van der Waals surface area contributed by atoms with Gasteiger partial charge in [-0.3, -0.25) is 4.98 Å². The lowest BCUT2D eigenvalue weighted by atomic mass is 9.37. The third-order valence-electron chi connectivity index (χ3n) is 11.6. The fourth-order valence-electron chi connectivity index (χ4n) is 8.41. The van der Waals surface area contributed by atoms with E-state index in [0.29, 0.717) is 5.56 Å². The predicted molar refractivity (Wildman–Crippen MR) is 249 cm³/mol. The molecule has 0 bridgehead atoms. The van der Waals surface area contributed by atoms with E-state index in [1.54, 1.807) is 6.07 Å². The summed E-state index contributed by atoms with van der Waals surface area (Å²) in [5, 5.41) is 13.6. The first kappa shape index (κ1) is 37.8. The SMILES string of the molecule is CC(C)(C)c1cc(-c2cc(-c3cccc(B(c4ccccn4)c4cccc5c4c4ccccc4n5-c4ccccc4)c3)nc(-c3ccccc3O)c2)cc(C(C)(C)C)c1. The molecule has 3 heterocycles. The largest absolute Gasteiger partial charge is 0.507 e. The Morgan fingerprint density at radius 1 is 0.525 bits per heavy atom. The quantitative estimate of drug-likeness (QED) is 0.164. The smallest absolute Gasteiger partial charge is 0.265 e. The molecule has 0 fully saturated rings.